The van der Waals surface area contributed by atoms with Gasteiger partial charge in [-0.3, -0.25) is 4.79 Å². The Kier molecular flexibility index (Phi) is 4.92. The smallest absolute Gasteiger partial charge is 0.325 e. The van der Waals surface area contributed by atoms with Crippen molar-refractivity contribution in [3.63, 3.8) is 0 Å². The molecule has 5 heteroatoms. The summed E-state index contributed by atoms with van der Waals surface area (Å²) in [6.07, 6.45) is 3.06. The van der Waals surface area contributed by atoms with Crippen molar-refractivity contribution >= 4 is 16.9 Å². The Labute approximate surface area is 208 Å². The zero-order chi connectivity index (χ0) is 24.7. The van der Waals surface area contributed by atoms with Crippen LogP contribution in [0.3, 0.4) is 0 Å². The van der Waals surface area contributed by atoms with Crippen LogP contribution in [-0.4, -0.2) is 42.2 Å². The van der Waals surface area contributed by atoms with Gasteiger partial charge in [0.25, 0.3) is 0 Å². The van der Waals surface area contributed by atoms with E-state index in [1.165, 1.54) is 40.4 Å². The Morgan fingerprint density at radius 1 is 1.20 bits per heavy atom. The zero-order valence-electron chi connectivity index (χ0n) is 21.8. The van der Waals surface area contributed by atoms with Gasteiger partial charge in [-0.25, -0.2) is 0 Å². The molecular formula is C30H36N2O3. The van der Waals surface area contributed by atoms with Crippen LogP contribution in [0.25, 0.3) is 10.9 Å². The summed E-state index contributed by atoms with van der Waals surface area (Å²) >= 11 is 0. The number of para-hydroxylation sites is 1. The summed E-state index contributed by atoms with van der Waals surface area (Å²) in [7, 11) is 3.76. The highest BCUT2D eigenvalue weighted by Gasteiger charge is 2.70. The van der Waals surface area contributed by atoms with E-state index in [9.17, 15) is 4.79 Å². The number of nitrogens with zero attached hydrogens (tertiary/aromatic N) is 2. The lowest BCUT2D eigenvalue weighted by Crippen LogP contribution is -2.68. The SMILES string of the molecule is CC.COC(=O)Cn1c2c(c3ccccc31)C[C@@]1(C)[C@H]3Cc4ccc(C)c5c4[C@@]1(CCN3C)C2O5. The molecule has 184 valence electrons. The summed E-state index contributed by atoms with van der Waals surface area (Å²) in [5.41, 5.74) is 7.75. The first-order chi connectivity index (χ1) is 16.9. The van der Waals surface area contributed by atoms with E-state index in [2.05, 4.69) is 66.8 Å². The van der Waals surface area contributed by atoms with Crippen molar-refractivity contribution in [3.8, 4) is 5.75 Å². The van der Waals surface area contributed by atoms with E-state index in [0.717, 1.165) is 37.1 Å². The molecule has 1 aromatic heterocycles. The largest absolute Gasteiger partial charge is 0.483 e. The van der Waals surface area contributed by atoms with Gasteiger partial charge in [-0.15, -0.1) is 0 Å². The number of methoxy groups -OCH3 is 1. The van der Waals surface area contributed by atoms with E-state index < -0.39 is 0 Å². The number of aryl methyl sites for hydroxylation is 1. The highest BCUT2D eigenvalue weighted by molar-refractivity contribution is 5.88. The van der Waals surface area contributed by atoms with Crippen LogP contribution in [0, 0.1) is 12.3 Å². The first-order valence-corrected chi connectivity index (χ1v) is 13.1. The van der Waals surface area contributed by atoms with Crippen LogP contribution in [-0.2, 0) is 34.3 Å². The molecule has 3 heterocycles. The van der Waals surface area contributed by atoms with Crippen molar-refractivity contribution in [2.24, 2.45) is 5.41 Å². The molecule has 7 rings (SSSR count). The number of piperidine rings is 1. The van der Waals surface area contributed by atoms with Gasteiger partial charge in [-0.05, 0) is 62.5 Å². The molecule has 0 saturated carbocycles. The molecule has 1 saturated heterocycles. The van der Waals surface area contributed by atoms with E-state index in [1.54, 1.807) is 0 Å². The molecule has 1 unspecified atom stereocenters. The molecule has 5 nitrogen and oxygen atoms in total. The number of likely N-dealkylation sites (tertiary alicyclic amines) is 1. The first-order valence-electron chi connectivity index (χ1n) is 13.1. The lowest BCUT2D eigenvalue weighted by molar-refractivity contribution is -0.141. The highest BCUT2D eigenvalue weighted by atomic mass is 16.5. The summed E-state index contributed by atoms with van der Waals surface area (Å²) in [5, 5.41) is 1.25. The van der Waals surface area contributed by atoms with Gasteiger partial charge in [0.2, 0.25) is 0 Å². The standard InChI is InChI=1S/C28H30N2O3.C2H6/c1-16-9-10-17-13-21-27(2)14-19-18-7-5-6-8-20(18)30(15-22(31)32-4)24(19)26-28(27,11-12-29(21)3)23(17)25(16)33-26;1-2/h5-10,21,26H,11-15H2,1-4H3;1-2H3/t21-,26?,27+,28+;/m1./s1. The van der Waals surface area contributed by atoms with E-state index in [0.29, 0.717) is 6.04 Å². The monoisotopic (exact) mass is 472 g/mol. The summed E-state index contributed by atoms with van der Waals surface area (Å²) in [6, 6.07) is 13.6. The van der Waals surface area contributed by atoms with Crippen molar-refractivity contribution in [2.45, 2.75) is 71.1 Å². The maximum Gasteiger partial charge on any atom is 0.325 e. The van der Waals surface area contributed by atoms with Crippen LogP contribution in [0.5, 0.6) is 5.75 Å². The second kappa shape index (κ2) is 7.60. The lowest BCUT2D eigenvalue weighted by atomic mass is 9.44. The highest BCUT2D eigenvalue weighted by Crippen LogP contribution is 2.71. The molecule has 2 bridgehead atoms. The Hall–Kier alpha value is -2.79. The van der Waals surface area contributed by atoms with Crippen LogP contribution >= 0.6 is 0 Å². The van der Waals surface area contributed by atoms with E-state index in [-0.39, 0.29) is 29.4 Å². The van der Waals surface area contributed by atoms with Gasteiger partial charge in [0.1, 0.15) is 18.4 Å². The molecule has 4 atom stereocenters. The number of carbonyl (C=O) groups is 1. The molecule has 0 amide bonds. The van der Waals surface area contributed by atoms with Gasteiger partial charge in [-0.1, -0.05) is 51.1 Å². The fraction of sp³-hybridized carbons (Fsp3) is 0.500. The Morgan fingerprint density at radius 3 is 2.74 bits per heavy atom. The molecule has 4 aliphatic rings. The molecule has 2 aliphatic heterocycles. The fourth-order valence-corrected chi connectivity index (χ4v) is 8.07. The second-order valence-electron chi connectivity index (χ2n) is 10.8. The van der Waals surface area contributed by atoms with Crippen molar-refractivity contribution in [1.29, 1.82) is 0 Å². The predicted octanol–water partition coefficient (Wildman–Crippen LogP) is 5.34. The van der Waals surface area contributed by atoms with Gasteiger partial charge in [-0.2, -0.15) is 0 Å². The molecule has 2 aromatic carbocycles. The van der Waals surface area contributed by atoms with Crippen LogP contribution in [0.4, 0.5) is 0 Å². The van der Waals surface area contributed by atoms with Crippen molar-refractivity contribution in [1.82, 2.24) is 9.47 Å². The number of fused-ring (bicyclic) bond motifs is 4. The lowest BCUT2D eigenvalue weighted by Gasteiger charge is -2.64. The van der Waals surface area contributed by atoms with E-state index in [1.807, 2.05) is 13.8 Å². The Balaban J connectivity index is 0.00000112. The predicted molar refractivity (Wildman–Crippen MR) is 138 cm³/mol. The van der Waals surface area contributed by atoms with Gasteiger partial charge < -0.3 is 18.9 Å². The molecule has 1 fully saturated rings. The average molecular weight is 473 g/mol. The van der Waals surface area contributed by atoms with Crippen LogP contribution in [0.2, 0.25) is 0 Å². The van der Waals surface area contributed by atoms with Crippen molar-refractivity contribution in [2.75, 3.05) is 20.7 Å². The topological polar surface area (TPSA) is 43.7 Å². The Morgan fingerprint density at radius 2 is 1.97 bits per heavy atom. The summed E-state index contributed by atoms with van der Waals surface area (Å²) in [6.45, 7) is 9.97. The van der Waals surface area contributed by atoms with E-state index in [4.69, 9.17) is 9.47 Å². The molecule has 0 radical (unpaired) electrons. The number of rotatable bonds is 2. The molecule has 1 spiro atoms. The zero-order valence-corrected chi connectivity index (χ0v) is 21.8. The maximum absolute atomic E-state index is 12.5. The number of hydrogen-bond acceptors (Lipinski definition) is 4. The van der Waals surface area contributed by atoms with Crippen LogP contribution in [0.15, 0.2) is 36.4 Å². The molecular weight excluding hydrogens is 436 g/mol. The van der Waals surface area contributed by atoms with Crippen LogP contribution < -0.4 is 4.74 Å². The number of aromatic nitrogens is 1. The summed E-state index contributed by atoms with van der Waals surface area (Å²) in [4.78, 5) is 15.1. The minimum absolute atomic E-state index is 0.0595. The van der Waals surface area contributed by atoms with Gasteiger partial charge >= 0.3 is 5.97 Å². The first kappa shape index (κ1) is 22.7. The number of esters is 1. The number of hydrogen-bond donors (Lipinski definition) is 0. The maximum atomic E-state index is 12.5. The quantitative estimate of drug-likeness (QED) is 0.472. The average Bonchev–Trinajstić information content (AvgIpc) is 3.37. The molecule has 0 N–H and O–H groups in total. The third kappa shape index (κ3) is 2.60. The van der Waals surface area contributed by atoms with Crippen molar-refractivity contribution in [3.05, 3.63) is 64.3 Å². The minimum atomic E-state index is -0.221. The number of ether oxygens (including phenoxy) is 2. The molecule has 3 aromatic rings. The number of carbonyl (C=O) groups excluding carboxylic acids is 1. The minimum Gasteiger partial charge on any atom is -0.483 e. The molecule has 35 heavy (non-hydrogen) atoms. The number of benzene rings is 2. The summed E-state index contributed by atoms with van der Waals surface area (Å²) in [5.74, 6) is 0.871. The third-order valence-corrected chi connectivity index (χ3v) is 9.56. The normalized spacial score (nSPS) is 29.5. The van der Waals surface area contributed by atoms with Gasteiger partial charge in [0, 0.05) is 27.9 Å². The summed E-state index contributed by atoms with van der Waals surface area (Å²) < 4.78 is 14.3. The molecule has 2 aliphatic carbocycles. The fourth-order valence-electron chi connectivity index (χ4n) is 8.07. The van der Waals surface area contributed by atoms with Crippen LogP contribution in [0.1, 0.15) is 61.2 Å². The number of likely N-dealkylation sites (N-methyl/N-ethyl adjacent to an activating group) is 1. The van der Waals surface area contributed by atoms with Crippen molar-refractivity contribution < 1.29 is 14.3 Å². The second-order valence-corrected chi connectivity index (χ2v) is 10.8. The van der Waals surface area contributed by atoms with Gasteiger partial charge in [0.15, 0.2) is 0 Å². The third-order valence-electron chi connectivity index (χ3n) is 9.56. The van der Waals surface area contributed by atoms with E-state index >= 15 is 0 Å². The Bertz CT molecular complexity index is 1360. The van der Waals surface area contributed by atoms with Gasteiger partial charge in [0.05, 0.1) is 18.2 Å².